The van der Waals surface area contributed by atoms with Crippen molar-refractivity contribution in [2.75, 3.05) is 33.2 Å². The standard InChI is InChI=1S/C13H24N4O2/c1-14-12(19)16-11(18)9-17-8-7-15-10-13(17)5-3-2-4-6-13/h15H,2-10H2,1H3,(H2,14,16,18,19). The molecule has 0 aromatic heterocycles. The first-order valence-electron chi connectivity index (χ1n) is 7.14. The van der Waals surface area contributed by atoms with E-state index in [1.165, 1.54) is 26.3 Å². The zero-order chi connectivity index (χ0) is 13.7. The molecule has 2 fully saturated rings. The molecule has 0 bridgehead atoms. The summed E-state index contributed by atoms with van der Waals surface area (Å²) in [5.74, 6) is -0.216. The van der Waals surface area contributed by atoms with Crippen LogP contribution < -0.4 is 16.0 Å². The van der Waals surface area contributed by atoms with E-state index in [0.717, 1.165) is 32.5 Å². The largest absolute Gasteiger partial charge is 0.341 e. The van der Waals surface area contributed by atoms with E-state index < -0.39 is 6.03 Å². The minimum absolute atomic E-state index is 0.122. The molecule has 3 amide bonds. The topological polar surface area (TPSA) is 73.5 Å². The molecule has 3 N–H and O–H groups in total. The molecule has 19 heavy (non-hydrogen) atoms. The first kappa shape index (κ1) is 14.3. The molecule has 2 aliphatic rings. The number of nitrogens with one attached hydrogen (secondary N) is 3. The fraction of sp³-hybridized carbons (Fsp3) is 0.846. The molecule has 1 spiro atoms. The third kappa shape index (κ3) is 3.45. The van der Waals surface area contributed by atoms with Crippen molar-refractivity contribution in [3.8, 4) is 0 Å². The third-order valence-corrected chi connectivity index (χ3v) is 4.28. The lowest BCUT2D eigenvalue weighted by atomic mass is 9.79. The Hall–Kier alpha value is -1.14. The van der Waals surface area contributed by atoms with Crippen LogP contribution in [-0.4, -0.2) is 55.6 Å². The quantitative estimate of drug-likeness (QED) is 0.661. The van der Waals surface area contributed by atoms with Crippen molar-refractivity contribution < 1.29 is 9.59 Å². The minimum Gasteiger partial charge on any atom is -0.341 e. The molecule has 0 radical (unpaired) electrons. The van der Waals surface area contributed by atoms with Crippen molar-refractivity contribution in [2.24, 2.45) is 0 Å². The average Bonchev–Trinajstić information content (AvgIpc) is 2.42. The first-order chi connectivity index (χ1) is 9.16. The van der Waals surface area contributed by atoms with E-state index in [1.807, 2.05) is 0 Å². The molecule has 0 atom stereocenters. The number of hydrogen-bond donors (Lipinski definition) is 3. The van der Waals surface area contributed by atoms with Gasteiger partial charge in [0.05, 0.1) is 6.54 Å². The Morgan fingerprint density at radius 2 is 2.00 bits per heavy atom. The smallest absolute Gasteiger partial charge is 0.321 e. The molecule has 108 valence electrons. The van der Waals surface area contributed by atoms with Crippen LogP contribution in [0.25, 0.3) is 0 Å². The fourth-order valence-corrected chi connectivity index (χ4v) is 3.24. The van der Waals surface area contributed by atoms with E-state index in [9.17, 15) is 9.59 Å². The van der Waals surface area contributed by atoms with Crippen molar-refractivity contribution in [3.63, 3.8) is 0 Å². The van der Waals surface area contributed by atoms with Crippen LogP contribution in [0, 0.1) is 0 Å². The summed E-state index contributed by atoms with van der Waals surface area (Å²) >= 11 is 0. The Morgan fingerprint density at radius 1 is 1.26 bits per heavy atom. The van der Waals surface area contributed by atoms with Gasteiger partial charge < -0.3 is 10.6 Å². The molecule has 6 heteroatoms. The summed E-state index contributed by atoms with van der Waals surface area (Å²) in [5.41, 5.74) is 0.122. The maximum atomic E-state index is 11.9. The van der Waals surface area contributed by atoms with Crippen molar-refractivity contribution in [1.82, 2.24) is 20.9 Å². The van der Waals surface area contributed by atoms with Gasteiger partial charge in [0.2, 0.25) is 5.91 Å². The van der Waals surface area contributed by atoms with Gasteiger partial charge in [-0.2, -0.15) is 0 Å². The van der Waals surface area contributed by atoms with Crippen LogP contribution in [0.2, 0.25) is 0 Å². The average molecular weight is 268 g/mol. The summed E-state index contributed by atoms with van der Waals surface area (Å²) in [6.45, 7) is 3.06. The van der Waals surface area contributed by atoms with Crippen LogP contribution >= 0.6 is 0 Å². The SMILES string of the molecule is CNC(=O)NC(=O)CN1CCNCC12CCCCC2. The summed E-state index contributed by atoms with van der Waals surface area (Å²) in [4.78, 5) is 25.3. The Balaban J connectivity index is 1.95. The van der Waals surface area contributed by atoms with Crippen LogP contribution in [0.3, 0.4) is 0 Å². The number of piperazine rings is 1. The molecule has 1 heterocycles. The zero-order valence-electron chi connectivity index (χ0n) is 11.6. The Labute approximate surface area is 114 Å². The summed E-state index contributed by atoms with van der Waals surface area (Å²) in [5, 5.41) is 8.20. The summed E-state index contributed by atoms with van der Waals surface area (Å²) in [6, 6.07) is -0.433. The Morgan fingerprint density at radius 3 is 2.68 bits per heavy atom. The van der Waals surface area contributed by atoms with E-state index in [4.69, 9.17) is 0 Å². The minimum atomic E-state index is -0.433. The molecule has 0 aromatic carbocycles. The number of imide groups is 1. The summed E-state index contributed by atoms with van der Waals surface area (Å²) < 4.78 is 0. The number of hydrogen-bond acceptors (Lipinski definition) is 4. The monoisotopic (exact) mass is 268 g/mol. The number of urea groups is 1. The van der Waals surface area contributed by atoms with Crippen LogP contribution in [0.4, 0.5) is 4.79 Å². The van der Waals surface area contributed by atoms with E-state index in [-0.39, 0.29) is 11.4 Å². The number of rotatable bonds is 2. The van der Waals surface area contributed by atoms with Gasteiger partial charge in [0.1, 0.15) is 0 Å². The van der Waals surface area contributed by atoms with Crippen molar-refractivity contribution in [3.05, 3.63) is 0 Å². The fourth-order valence-electron chi connectivity index (χ4n) is 3.24. The molecule has 1 saturated heterocycles. The number of nitrogens with zero attached hydrogens (tertiary/aromatic N) is 1. The van der Waals surface area contributed by atoms with Gasteiger partial charge in [0.25, 0.3) is 0 Å². The lowest BCUT2D eigenvalue weighted by molar-refractivity contribution is -0.123. The van der Waals surface area contributed by atoms with Gasteiger partial charge in [-0.25, -0.2) is 4.79 Å². The zero-order valence-corrected chi connectivity index (χ0v) is 11.6. The molecular weight excluding hydrogens is 244 g/mol. The van der Waals surface area contributed by atoms with E-state index >= 15 is 0 Å². The van der Waals surface area contributed by atoms with E-state index in [2.05, 4.69) is 20.9 Å². The van der Waals surface area contributed by atoms with Gasteiger partial charge in [0.15, 0.2) is 0 Å². The summed E-state index contributed by atoms with van der Waals surface area (Å²) in [7, 11) is 1.51. The molecular formula is C13H24N4O2. The highest BCUT2D eigenvalue weighted by molar-refractivity contribution is 5.95. The maximum Gasteiger partial charge on any atom is 0.321 e. The third-order valence-electron chi connectivity index (χ3n) is 4.28. The first-order valence-corrected chi connectivity index (χ1v) is 7.14. The highest BCUT2D eigenvalue weighted by Crippen LogP contribution is 2.34. The van der Waals surface area contributed by atoms with Crippen molar-refractivity contribution >= 4 is 11.9 Å². The molecule has 6 nitrogen and oxygen atoms in total. The predicted octanol–water partition coefficient (Wildman–Crippen LogP) is 0.0501. The molecule has 1 saturated carbocycles. The second kappa shape index (κ2) is 6.34. The van der Waals surface area contributed by atoms with Crippen molar-refractivity contribution in [1.29, 1.82) is 0 Å². The lowest BCUT2D eigenvalue weighted by Crippen LogP contribution is -2.63. The van der Waals surface area contributed by atoms with Gasteiger partial charge >= 0.3 is 6.03 Å². The second-order valence-electron chi connectivity index (χ2n) is 5.51. The molecule has 1 aliphatic carbocycles. The van der Waals surface area contributed by atoms with Gasteiger partial charge in [-0.15, -0.1) is 0 Å². The van der Waals surface area contributed by atoms with Crippen molar-refractivity contribution in [2.45, 2.75) is 37.6 Å². The Bertz CT molecular complexity index is 331. The maximum absolute atomic E-state index is 11.9. The number of amides is 3. The van der Waals surface area contributed by atoms with Gasteiger partial charge in [0, 0.05) is 32.2 Å². The Kier molecular flexibility index (Phi) is 4.76. The van der Waals surface area contributed by atoms with Gasteiger partial charge in [-0.05, 0) is 12.8 Å². The second-order valence-corrected chi connectivity index (χ2v) is 5.51. The van der Waals surface area contributed by atoms with Gasteiger partial charge in [-0.1, -0.05) is 19.3 Å². The number of carbonyl (C=O) groups excluding carboxylic acids is 2. The van der Waals surface area contributed by atoms with Crippen LogP contribution in [0.15, 0.2) is 0 Å². The highest BCUT2D eigenvalue weighted by Gasteiger charge is 2.40. The molecule has 1 aliphatic heterocycles. The normalized spacial score (nSPS) is 23.0. The van der Waals surface area contributed by atoms with Crippen LogP contribution in [-0.2, 0) is 4.79 Å². The summed E-state index contributed by atoms with van der Waals surface area (Å²) in [6.07, 6.45) is 6.05. The van der Waals surface area contributed by atoms with Crippen LogP contribution in [0.5, 0.6) is 0 Å². The van der Waals surface area contributed by atoms with E-state index in [1.54, 1.807) is 0 Å². The molecule has 0 unspecified atom stereocenters. The number of carbonyl (C=O) groups is 2. The molecule has 2 rings (SSSR count). The predicted molar refractivity (Wildman–Crippen MR) is 72.9 cm³/mol. The lowest BCUT2D eigenvalue weighted by Gasteiger charge is -2.49. The molecule has 0 aromatic rings. The van der Waals surface area contributed by atoms with E-state index in [0.29, 0.717) is 6.54 Å². The van der Waals surface area contributed by atoms with Crippen LogP contribution in [0.1, 0.15) is 32.1 Å². The highest BCUT2D eigenvalue weighted by atomic mass is 16.2. The van der Waals surface area contributed by atoms with Gasteiger partial charge in [-0.3, -0.25) is 15.0 Å².